The van der Waals surface area contributed by atoms with Crippen LogP contribution in [0, 0.1) is 0 Å². The Morgan fingerprint density at radius 3 is 2.52 bits per heavy atom. The van der Waals surface area contributed by atoms with Crippen molar-refractivity contribution in [2.75, 3.05) is 0 Å². The highest BCUT2D eigenvalue weighted by Gasteiger charge is 2.54. The number of benzene rings is 2. The van der Waals surface area contributed by atoms with Crippen molar-refractivity contribution in [3.63, 3.8) is 0 Å². The monoisotopic (exact) mass is 296 g/mol. The molecule has 0 unspecified atom stereocenters. The molecule has 21 heavy (non-hydrogen) atoms. The Kier molecular flexibility index (Phi) is 2.39. The summed E-state index contributed by atoms with van der Waals surface area (Å²) in [4.78, 5) is 24.8. The summed E-state index contributed by atoms with van der Waals surface area (Å²) in [7, 11) is 0. The number of rotatable bonds is 0. The number of ether oxygens (including phenoxy) is 1. The van der Waals surface area contributed by atoms with Crippen LogP contribution in [0.25, 0.3) is 6.08 Å². The van der Waals surface area contributed by atoms with Crippen LogP contribution in [0.3, 0.4) is 0 Å². The third-order valence-electron chi connectivity index (χ3n) is 3.94. The minimum atomic E-state index is -1.40. The second-order valence-corrected chi connectivity index (χ2v) is 5.43. The summed E-state index contributed by atoms with van der Waals surface area (Å²) in [6.07, 6.45) is 3.19. The average Bonchev–Trinajstić information content (AvgIpc) is 2.79. The van der Waals surface area contributed by atoms with E-state index in [1.165, 1.54) is 6.08 Å². The molecule has 4 rings (SSSR count). The molecule has 102 valence electrons. The van der Waals surface area contributed by atoms with Gasteiger partial charge in [0, 0.05) is 11.1 Å². The number of fused-ring (bicyclic) bond motifs is 4. The first-order chi connectivity index (χ1) is 10.1. The van der Waals surface area contributed by atoms with Crippen molar-refractivity contribution in [1.29, 1.82) is 0 Å². The van der Waals surface area contributed by atoms with Crippen LogP contribution in [-0.4, -0.2) is 11.8 Å². The Balaban J connectivity index is 2.11. The molecule has 4 heteroatoms. The molecule has 2 aromatic rings. The number of carbonyl (C=O) groups excluding carboxylic acids is 2. The van der Waals surface area contributed by atoms with Crippen molar-refractivity contribution in [3.05, 3.63) is 75.8 Å². The van der Waals surface area contributed by atoms with E-state index in [1.54, 1.807) is 30.3 Å². The first-order valence-corrected chi connectivity index (χ1v) is 6.87. The Bertz CT molecular complexity index is 838. The van der Waals surface area contributed by atoms with Gasteiger partial charge in [0.15, 0.2) is 0 Å². The number of hydrogen-bond donors (Lipinski definition) is 0. The van der Waals surface area contributed by atoms with Crippen LogP contribution in [0.4, 0.5) is 0 Å². The smallest absolute Gasteiger partial charge is 0.341 e. The molecule has 1 aliphatic heterocycles. The third kappa shape index (κ3) is 1.44. The lowest BCUT2D eigenvalue weighted by molar-refractivity contribution is -0.129. The number of ketones is 1. The lowest BCUT2D eigenvalue weighted by Crippen LogP contribution is -2.38. The van der Waals surface area contributed by atoms with Crippen LogP contribution in [0.15, 0.2) is 48.5 Å². The van der Waals surface area contributed by atoms with Crippen LogP contribution in [-0.2, 0) is 15.1 Å². The van der Waals surface area contributed by atoms with E-state index >= 15 is 0 Å². The molecule has 1 spiro atoms. The molecule has 1 aliphatic carbocycles. The zero-order valence-electron chi connectivity index (χ0n) is 10.8. The van der Waals surface area contributed by atoms with E-state index in [1.807, 2.05) is 18.2 Å². The topological polar surface area (TPSA) is 43.4 Å². The molecular weight excluding hydrogens is 288 g/mol. The Labute approximate surface area is 125 Å². The Morgan fingerprint density at radius 2 is 1.67 bits per heavy atom. The lowest BCUT2D eigenvalue weighted by atomic mass is 9.77. The van der Waals surface area contributed by atoms with Gasteiger partial charge in [-0.1, -0.05) is 54.1 Å². The summed E-state index contributed by atoms with van der Waals surface area (Å²) in [5.41, 5.74) is 0.923. The zero-order chi connectivity index (χ0) is 14.6. The van der Waals surface area contributed by atoms with Gasteiger partial charge in [-0.25, -0.2) is 4.79 Å². The van der Waals surface area contributed by atoms with Crippen molar-refractivity contribution in [3.8, 4) is 0 Å². The van der Waals surface area contributed by atoms with E-state index in [2.05, 4.69) is 0 Å². The fraction of sp³-hybridized carbons (Fsp3) is 0.0588. The predicted molar refractivity (Wildman–Crippen MR) is 78.1 cm³/mol. The highest BCUT2D eigenvalue weighted by Crippen LogP contribution is 2.47. The maximum Gasteiger partial charge on any atom is 0.341 e. The second-order valence-electron chi connectivity index (χ2n) is 5.02. The van der Waals surface area contributed by atoms with Gasteiger partial charge in [0.2, 0.25) is 11.4 Å². The summed E-state index contributed by atoms with van der Waals surface area (Å²) in [6.45, 7) is 0. The molecule has 0 radical (unpaired) electrons. The fourth-order valence-corrected chi connectivity index (χ4v) is 3.28. The van der Waals surface area contributed by atoms with Crippen LogP contribution < -0.4 is 0 Å². The van der Waals surface area contributed by atoms with Gasteiger partial charge in [-0.05, 0) is 17.7 Å². The Morgan fingerprint density at radius 1 is 0.905 bits per heavy atom. The van der Waals surface area contributed by atoms with Gasteiger partial charge in [-0.15, -0.1) is 0 Å². The van der Waals surface area contributed by atoms with Gasteiger partial charge in [0.25, 0.3) is 0 Å². The number of carbonyl (C=O) groups is 2. The molecule has 0 bridgehead atoms. The summed E-state index contributed by atoms with van der Waals surface area (Å²) < 4.78 is 5.56. The SMILES string of the molecule is O=C1O[C@@]2(C(=O)C=Cc3ccccc32)c2cccc(Cl)c21. The average molecular weight is 297 g/mol. The molecular formula is C17H9ClO3. The summed E-state index contributed by atoms with van der Waals surface area (Å²) in [5, 5.41) is 0.300. The van der Waals surface area contributed by atoms with Gasteiger partial charge < -0.3 is 4.74 Å². The minimum Gasteiger partial charge on any atom is -0.437 e. The van der Waals surface area contributed by atoms with E-state index in [9.17, 15) is 9.59 Å². The summed E-state index contributed by atoms with van der Waals surface area (Å²) in [5.74, 6) is -0.829. The van der Waals surface area contributed by atoms with E-state index in [0.717, 1.165) is 5.56 Å². The first-order valence-electron chi connectivity index (χ1n) is 6.49. The van der Waals surface area contributed by atoms with E-state index in [4.69, 9.17) is 16.3 Å². The zero-order valence-corrected chi connectivity index (χ0v) is 11.6. The van der Waals surface area contributed by atoms with Gasteiger partial charge in [-0.2, -0.15) is 0 Å². The van der Waals surface area contributed by atoms with Crippen molar-refractivity contribution in [1.82, 2.24) is 0 Å². The number of hydrogen-bond acceptors (Lipinski definition) is 3. The summed E-state index contributed by atoms with van der Waals surface area (Å²) in [6, 6.07) is 12.5. The second kappa shape index (κ2) is 4.06. The highest BCUT2D eigenvalue weighted by molar-refractivity contribution is 6.34. The molecule has 0 saturated carbocycles. The predicted octanol–water partition coefficient (Wildman–Crippen LogP) is 3.35. The van der Waals surface area contributed by atoms with Crippen molar-refractivity contribution in [2.24, 2.45) is 0 Å². The minimum absolute atomic E-state index is 0.268. The molecule has 0 fully saturated rings. The van der Waals surface area contributed by atoms with Crippen LogP contribution in [0.1, 0.15) is 27.0 Å². The molecule has 1 atom stereocenters. The van der Waals surface area contributed by atoms with Crippen LogP contribution >= 0.6 is 11.6 Å². The van der Waals surface area contributed by atoms with Crippen molar-refractivity contribution in [2.45, 2.75) is 5.60 Å². The maximum absolute atomic E-state index is 12.6. The normalized spacial score (nSPS) is 22.1. The molecule has 0 saturated heterocycles. The quantitative estimate of drug-likeness (QED) is 0.700. The fourth-order valence-electron chi connectivity index (χ4n) is 3.03. The molecule has 0 amide bonds. The maximum atomic E-state index is 12.6. The molecule has 0 aromatic heterocycles. The molecule has 2 aromatic carbocycles. The van der Waals surface area contributed by atoms with Gasteiger partial charge in [0.1, 0.15) is 0 Å². The van der Waals surface area contributed by atoms with E-state index in [0.29, 0.717) is 16.1 Å². The largest absolute Gasteiger partial charge is 0.437 e. The van der Waals surface area contributed by atoms with E-state index < -0.39 is 11.6 Å². The number of halogens is 1. The van der Waals surface area contributed by atoms with Crippen molar-refractivity contribution >= 4 is 29.4 Å². The van der Waals surface area contributed by atoms with Gasteiger partial charge >= 0.3 is 5.97 Å². The highest BCUT2D eigenvalue weighted by atomic mass is 35.5. The number of esters is 1. The molecule has 3 nitrogen and oxygen atoms in total. The lowest BCUT2D eigenvalue weighted by Gasteiger charge is -2.30. The third-order valence-corrected chi connectivity index (χ3v) is 4.26. The molecule has 0 N–H and O–H groups in total. The van der Waals surface area contributed by atoms with Crippen LogP contribution in [0.2, 0.25) is 5.02 Å². The molecule has 1 heterocycles. The van der Waals surface area contributed by atoms with Crippen molar-refractivity contribution < 1.29 is 14.3 Å². The summed E-state index contributed by atoms with van der Waals surface area (Å²) >= 11 is 6.11. The van der Waals surface area contributed by atoms with Gasteiger partial charge in [0.05, 0.1) is 10.6 Å². The first kappa shape index (κ1) is 12.4. The van der Waals surface area contributed by atoms with Crippen LogP contribution in [0.5, 0.6) is 0 Å². The van der Waals surface area contributed by atoms with E-state index in [-0.39, 0.29) is 11.3 Å². The van der Waals surface area contributed by atoms with Gasteiger partial charge in [-0.3, -0.25) is 4.79 Å². The molecule has 2 aliphatic rings. The standard InChI is InChI=1S/C17H9ClO3/c18-13-7-3-6-12-15(13)16(20)21-17(12)11-5-2-1-4-10(11)8-9-14(17)19/h1-9H/t17-/m1/s1. The Hall–Kier alpha value is -2.39.